The van der Waals surface area contributed by atoms with Gasteiger partial charge in [-0.2, -0.15) is 0 Å². The minimum atomic E-state index is -0.765. The molecule has 120 valence electrons. The number of carbonyl (C=O) groups is 2. The number of amides is 1. The highest BCUT2D eigenvalue weighted by Gasteiger charge is 2.25. The van der Waals surface area contributed by atoms with Crippen molar-refractivity contribution in [1.82, 2.24) is 10.2 Å². The molecule has 6 nitrogen and oxygen atoms in total. The fraction of sp³-hybridized carbons (Fsp3) is 0.500. The van der Waals surface area contributed by atoms with Gasteiger partial charge in [-0.25, -0.2) is 0 Å². The van der Waals surface area contributed by atoms with E-state index < -0.39 is 5.97 Å². The summed E-state index contributed by atoms with van der Waals surface area (Å²) in [6.07, 6.45) is 1.54. The predicted octanol–water partition coefficient (Wildman–Crippen LogP) is 1.24. The van der Waals surface area contributed by atoms with Crippen molar-refractivity contribution in [3.8, 4) is 5.75 Å². The standard InChI is InChI=1S/C16H22N2O4/c1-12-4-6-14(7-5-12)22-10-15(19)17-11-18-8-2-3-13(9-18)16(20)21/h4-7,13H,2-3,8-11H2,1H3,(H,17,19)(H,20,21). The normalized spacial score (nSPS) is 18.7. The molecule has 1 aliphatic heterocycles. The van der Waals surface area contributed by atoms with E-state index in [0.717, 1.165) is 18.5 Å². The number of rotatable bonds is 6. The van der Waals surface area contributed by atoms with Gasteiger partial charge >= 0.3 is 5.97 Å². The summed E-state index contributed by atoms with van der Waals surface area (Å²) >= 11 is 0. The number of nitrogens with zero attached hydrogens (tertiary/aromatic N) is 1. The van der Waals surface area contributed by atoms with Gasteiger partial charge in [-0.1, -0.05) is 17.7 Å². The van der Waals surface area contributed by atoms with Crippen LogP contribution in [0.2, 0.25) is 0 Å². The van der Waals surface area contributed by atoms with E-state index in [9.17, 15) is 9.59 Å². The van der Waals surface area contributed by atoms with E-state index in [1.54, 1.807) is 0 Å². The van der Waals surface area contributed by atoms with Crippen LogP contribution in [0.4, 0.5) is 0 Å². The maximum absolute atomic E-state index is 11.8. The van der Waals surface area contributed by atoms with Crippen LogP contribution in [0.3, 0.4) is 0 Å². The van der Waals surface area contributed by atoms with E-state index in [2.05, 4.69) is 5.32 Å². The monoisotopic (exact) mass is 306 g/mol. The van der Waals surface area contributed by atoms with Crippen molar-refractivity contribution < 1.29 is 19.4 Å². The molecule has 2 N–H and O–H groups in total. The molecule has 0 aliphatic carbocycles. The second-order valence-corrected chi connectivity index (χ2v) is 5.61. The van der Waals surface area contributed by atoms with Gasteiger partial charge in [0.25, 0.3) is 5.91 Å². The van der Waals surface area contributed by atoms with E-state index in [0.29, 0.717) is 25.4 Å². The minimum Gasteiger partial charge on any atom is -0.484 e. The summed E-state index contributed by atoms with van der Waals surface area (Å²) in [7, 11) is 0. The van der Waals surface area contributed by atoms with Crippen LogP contribution in [-0.2, 0) is 9.59 Å². The number of carboxylic acids is 1. The molecule has 0 bridgehead atoms. The molecular formula is C16H22N2O4. The summed E-state index contributed by atoms with van der Waals surface area (Å²) in [5.74, 6) is -0.657. The highest BCUT2D eigenvalue weighted by molar-refractivity contribution is 5.77. The first kappa shape index (κ1) is 16.3. The zero-order valence-electron chi connectivity index (χ0n) is 12.7. The summed E-state index contributed by atoms with van der Waals surface area (Å²) < 4.78 is 5.40. The van der Waals surface area contributed by atoms with Gasteiger partial charge in [0, 0.05) is 6.54 Å². The van der Waals surface area contributed by atoms with Crippen molar-refractivity contribution in [3.05, 3.63) is 29.8 Å². The third-order valence-electron chi connectivity index (χ3n) is 3.75. The quantitative estimate of drug-likeness (QED) is 0.827. The van der Waals surface area contributed by atoms with Crippen LogP contribution in [0.5, 0.6) is 5.75 Å². The summed E-state index contributed by atoms with van der Waals surface area (Å²) in [6.45, 7) is 3.59. The molecule has 6 heteroatoms. The van der Waals surface area contributed by atoms with Crippen LogP contribution in [0, 0.1) is 12.8 Å². The Balaban J connectivity index is 1.69. The summed E-state index contributed by atoms with van der Waals surface area (Å²) in [5, 5.41) is 11.8. The van der Waals surface area contributed by atoms with E-state index in [4.69, 9.17) is 9.84 Å². The number of piperidine rings is 1. The van der Waals surface area contributed by atoms with Gasteiger partial charge in [-0.05, 0) is 38.4 Å². The largest absolute Gasteiger partial charge is 0.484 e. The van der Waals surface area contributed by atoms with E-state index >= 15 is 0 Å². The number of ether oxygens (including phenoxy) is 1. The number of hydrogen-bond donors (Lipinski definition) is 2. The second-order valence-electron chi connectivity index (χ2n) is 5.61. The molecule has 0 spiro atoms. The zero-order chi connectivity index (χ0) is 15.9. The predicted molar refractivity (Wildman–Crippen MR) is 81.6 cm³/mol. The lowest BCUT2D eigenvalue weighted by Gasteiger charge is -2.30. The Bertz CT molecular complexity index is 515. The van der Waals surface area contributed by atoms with Gasteiger partial charge in [0.1, 0.15) is 5.75 Å². The number of aliphatic carboxylic acids is 1. The number of hydrogen-bond acceptors (Lipinski definition) is 4. The molecule has 0 saturated carbocycles. The number of nitrogens with one attached hydrogen (secondary N) is 1. The maximum Gasteiger partial charge on any atom is 0.307 e. The maximum atomic E-state index is 11.8. The third kappa shape index (κ3) is 5.04. The van der Waals surface area contributed by atoms with Crippen molar-refractivity contribution in [2.45, 2.75) is 19.8 Å². The third-order valence-corrected chi connectivity index (χ3v) is 3.75. The Hall–Kier alpha value is -2.08. The smallest absolute Gasteiger partial charge is 0.307 e. The number of likely N-dealkylation sites (tertiary alicyclic amines) is 1. The highest BCUT2D eigenvalue weighted by atomic mass is 16.5. The Morgan fingerprint density at radius 3 is 2.77 bits per heavy atom. The Labute approximate surface area is 130 Å². The Morgan fingerprint density at radius 2 is 2.09 bits per heavy atom. The van der Waals surface area contributed by atoms with Gasteiger partial charge < -0.3 is 15.2 Å². The van der Waals surface area contributed by atoms with Crippen molar-refractivity contribution in [1.29, 1.82) is 0 Å². The van der Waals surface area contributed by atoms with Gasteiger partial charge in [0.2, 0.25) is 0 Å². The van der Waals surface area contributed by atoms with E-state index in [1.165, 1.54) is 0 Å². The van der Waals surface area contributed by atoms with Crippen molar-refractivity contribution >= 4 is 11.9 Å². The lowest BCUT2D eigenvalue weighted by atomic mass is 9.99. The van der Waals surface area contributed by atoms with Crippen LogP contribution in [0.25, 0.3) is 0 Å². The first-order valence-corrected chi connectivity index (χ1v) is 7.46. The fourth-order valence-electron chi connectivity index (χ4n) is 2.44. The average molecular weight is 306 g/mol. The second kappa shape index (κ2) is 7.79. The average Bonchev–Trinajstić information content (AvgIpc) is 2.52. The SMILES string of the molecule is Cc1ccc(OCC(=O)NCN2CCCC(C(=O)O)C2)cc1. The minimum absolute atomic E-state index is 0.0424. The number of aryl methyl sites for hydroxylation is 1. The van der Waals surface area contributed by atoms with Crippen LogP contribution in [0.15, 0.2) is 24.3 Å². The van der Waals surface area contributed by atoms with Crippen molar-refractivity contribution in [2.75, 3.05) is 26.4 Å². The molecule has 22 heavy (non-hydrogen) atoms. The molecule has 1 heterocycles. The fourth-order valence-corrected chi connectivity index (χ4v) is 2.44. The highest BCUT2D eigenvalue weighted by Crippen LogP contribution is 2.15. The molecular weight excluding hydrogens is 284 g/mol. The number of benzene rings is 1. The van der Waals surface area contributed by atoms with Gasteiger partial charge in [0.15, 0.2) is 6.61 Å². The Kier molecular flexibility index (Phi) is 5.77. The van der Waals surface area contributed by atoms with Crippen LogP contribution < -0.4 is 10.1 Å². The lowest BCUT2D eigenvalue weighted by molar-refractivity contribution is -0.143. The molecule has 1 saturated heterocycles. The molecule has 1 fully saturated rings. The Morgan fingerprint density at radius 1 is 1.36 bits per heavy atom. The molecule has 0 aromatic heterocycles. The van der Waals surface area contributed by atoms with Gasteiger partial charge in [-0.15, -0.1) is 0 Å². The summed E-state index contributed by atoms with van der Waals surface area (Å²) in [5.41, 5.74) is 1.13. The van der Waals surface area contributed by atoms with Gasteiger partial charge in [0.05, 0.1) is 12.6 Å². The van der Waals surface area contributed by atoms with Crippen molar-refractivity contribution in [3.63, 3.8) is 0 Å². The molecule has 1 atom stereocenters. The van der Waals surface area contributed by atoms with Gasteiger partial charge in [-0.3, -0.25) is 14.5 Å². The van der Waals surface area contributed by atoms with E-state index in [1.807, 2.05) is 36.1 Å². The molecule has 1 aromatic rings. The summed E-state index contributed by atoms with van der Waals surface area (Å²) in [4.78, 5) is 24.7. The van der Waals surface area contributed by atoms with Crippen LogP contribution in [0.1, 0.15) is 18.4 Å². The molecule has 1 aliphatic rings. The van der Waals surface area contributed by atoms with Crippen molar-refractivity contribution in [2.24, 2.45) is 5.92 Å². The first-order chi connectivity index (χ1) is 10.5. The molecule has 1 amide bonds. The van der Waals surface area contributed by atoms with Crippen LogP contribution >= 0.6 is 0 Å². The molecule has 1 aromatic carbocycles. The molecule has 2 rings (SSSR count). The molecule has 0 radical (unpaired) electrons. The summed E-state index contributed by atoms with van der Waals surface area (Å²) in [6, 6.07) is 7.50. The molecule has 1 unspecified atom stereocenters. The lowest BCUT2D eigenvalue weighted by Crippen LogP contribution is -2.45. The van der Waals surface area contributed by atoms with Crippen LogP contribution in [-0.4, -0.2) is 48.2 Å². The topological polar surface area (TPSA) is 78.9 Å². The zero-order valence-corrected chi connectivity index (χ0v) is 12.7. The first-order valence-electron chi connectivity index (χ1n) is 7.46. The number of carboxylic acid groups (broad SMARTS) is 1. The van der Waals surface area contributed by atoms with E-state index in [-0.39, 0.29) is 18.4 Å². The number of carbonyl (C=O) groups excluding carboxylic acids is 1.